The molecule has 1 amide bonds. The Hall–Kier alpha value is -4.12. The van der Waals surface area contributed by atoms with Crippen LogP contribution in [0.4, 0.5) is 0 Å². The fourth-order valence-corrected chi connectivity index (χ4v) is 3.45. The van der Waals surface area contributed by atoms with Gasteiger partial charge in [-0.1, -0.05) is 72.8 Å². The van der Waals surface area contributed by atoms with Crippen molar-refractivity contribution in [2.45, 2.75) is 13.0 Å². The minimum Gasteiger partial charge on any atom is -0.496 e. The number of amides is 1. The van der Waals surface area contributed by atoms with Crippen LogP contribution in [0.5, 0.6) is 11.5 Å². The summed E-state index contributed by atoms with van der Waals surface area (Å²) in [6.45, 7) is 1.69. The van der Waals surface area contributed by atoms with Crippen LogP contribution in [-0.4, -0.2) is 25.3 Å². The number of methoxy groups -OCH3 is 1. The van der Waals surface area contributed by atoms with Gasteiger partial charge in [-0.15, -0.1) is 0 Å². The van der Waals surface area contributed by atoms with Crippen LogP contribution in [0.1, 0.15) is 12.5 Å². The molecule has 0 spiro atoms. The molecule has 1 N–H and O–H groups in total. The van der Waals surface area contributed by atoms with Gasteiger partial charge in [0.25, 0.3) is 5.91 Å². The Kier molecular flexibility index (Phi) is 6.46. The summed E-state index contributed by atoms with van der Waals surface area (Å²) in [6, 6.07) is 29.6. The lowest BCUT2D eigenvalue weighted by Gasteiger charge is -2.13. The van der Waals surface area contributed by atoms with Crippen molar-refractivity contribution in [2.75, 3.05) is 7.11 Å². The van der Waals surface area contributed by atoms with Crippen molar-refractivity contribution in [3.63, 3.8) is 0 Å². The molecule has 0 aliphatic carbocycles. The van der Waals surface area contributed by atoms with Crippen LogP contribution in [-0.2, 0) is 4.79 Å². The third-order valence-corrected chi connectivity index (χ3v) is 5.16. The Balaban J connectivity index is 1.40. The van der Waals surface area contributed by atoms with E-state index in [0.29, 0.717) is 11.5 Å². The molecule has 0 saturated carbocycles. The molecule has 1 unspecified atom stereocenters. The molecular formula is C27H24N2O3. The zero-order chi connectivity index (χ0) is 22.3. The molecule has 0 aromatic heterocycles. The van der Waals surface area contributed by atoms with Crippen molar-refractivity contribution in [3.8, 4) is 22.6 Å². The minimum absolute atomic E-state index is 0.340. The van der Waals surface area contributed by atoms with E-state index in [1.165, 1.54) is 0 Å². The van der Waals surface area contributed by atoms with E-state index >= 15 is 0 Å². The van der Waals surface area contributed by atoms with E-state index in [1.807, 2.05) is 78.9 Å². The second kappa shape index (κ2) is 9.79. The van der Waals surface area contributed by atoms with Gasteiger partial charge in [-0.05, 0) is 47.0 Å². The van der Waals surface area contributed by atoms with Gasteiger partial charge in [-0.25, -0.2) is 5.43 Å². The van der Waals surface area contributed by atoms with Crippen molar-refractivity contribution in [1.82, 2.24) is 5.43 Å². The van der Waals surface area contributed by atoms with Crippen LogP contribution in [0.3, 0.4) is 0 Å². The van der Waals surface area contributed by atoms with Crippen molar-refractivity contribution >= 4 is 22.9 Å². The molecule has 1 atom stereocenters. The maximum atomic E-state index is 12.5. The van der Waals surface area contributed by atoms with Crippen molar-refractivity contribution in [3.05, 3.63) is 96.6 Å². The van der Waals surface area contributed by atoms with Gasteiger partial charge in [0.1, 0.15) is 11.5 Å². The Morgan fingerprint density at radius 1 is 0.875 bits per heavy atom. The smallest absolute Gasteiger partial charge is 0.280 e. The summed E-state index contributed by atoms with van der Waals surface area (Å²) >= 11 is 0. The number of hydrogen-bond donors (Lipinski definition) is 1. The van der Waals surface area contributed by atoms with E-state index in [9.17, 15) is 4.79 Å². The number of hydrogen-bond acceptors (Lipinski definition) is 4. The SMILES string of the molecule is COc1ccc2ccccc2c1C=NNC(=O)C(C)Oc1ccc(-c2ccccc2)cc1. The van der Waals surface area contributed by atoms with Crippen LogP contribution in [0.25, 0.3) is 21.9 Å². The van der Waals surface area contributed by atoms with Crippen LogP contribution >= 0.6 is 0 Å². The highest BCUT2D eigenvalue weighted by Gasteiger charge is 2.14. The minimum atomic E-state index is -0.705. The molecule has 0 aliphatic heterocycles. The van der Waals surface area contributed by atoms with Crippen molar-refractivity contribution < 1.29 is 14.3 Å². The highest BCUT2D eigenvalue weighted by molar-refractivity contribution is 6.02. The van der Waals surface area contributed by atoms with Gasteiger partial charge in [-0.2, -0.15) is 5.10 Å². The molecule has 0 bridgehead atoms. The predicted molar refractivity (Wildman–Crippen MR) is 128 cm³/mol. The zero-order valence-electron chi connectivity index (χ0n) is 18.0. The van der Waals surface area contributed by atoms with Gasteiger partial charge in [-0.3, -0.25) is 4.79 Å². The number of hydrazone groups is 1. The Bertz CT molecular complexity index is 1230. The quantitative estimate of drug-likeness (QED) is 0.318. The maximum Gasteiger partial charge on any atom is 0.280 e. The van der Waals surface area contributed by atoms with E-state index in [0.717, 1.165) is 27.5 Å². The number of benzene rings is 4. The van der Waals surface area contributed by atoms with Gasteiger partial charge in [0, 0.05) is 5.56 Å². The monoisotopic (exact) mass is 424 g/mol. The standard InChI is InChI=1S/C27H24N2O3/c1-19(32-23-15-12-21(13-16-23)20-8-4-3-5-9-20)27(30)29-28-18-25-24-11-7-6-10-22(24)14-17-26(25)31-2/h3-19H,1-2H3,(H,29,30). The number of carbonyl (C=O) groups excluding carboxylic acids is 1. The fraction of sp³-hybridized carbons (Fsp3) is 0.111. The van der Waals surface area contributed by atoms with E-state index in [1.54, 1.807) is 20.2 Å². The van der Waals surface area contributed by atoms with Crippen molar-refractivity contribution in [1.29, 1.82) is 0 Å². The molecule has 32 heavy (non-hydrogen) atoms. The molecular weight excluding hydrogens is 400 g/mol. The number of nitrogens with one attached hydrogen (secondary N) is 1. The second-order valence-corrected chi connectivity index (χ2v) is 7.29. The van der Waals surface area contributed by atoms with Crippen molar-refractivity contribution in [2.24, 2.45) is 5.10 Å². The lowest BCUT2D eigenvalue weighted by molar-refractivity contribution is -0.127. The Labute approximate surface area is 187 Å². The molecule has 0 aliphatic rings. The molecule has 4 rings (SSSR count). The van der Waals surface area contributed by atoms with E-state index in [2.05, 4.69) is 22.7 Å². The summed E-state index contributed by atoms with van der Waals surface area (Å²) in [5, 5.41) is 6.19. The number of ether oxygens (including phenoxy) is 2. The third kappa shape index (κ3) is 4.78. The van der Waals surface area contributed by atoms with Gasteiger partial charge >= 0.3 is 0 Å². The first kappa shape index (κ1) is 21.1. The third-order valence-electron chi connectivity index (χ3n) is 5.16. The molecule has 5 heteroatoms. The number of rotatable bonds is 7. The fourth-order valence-electron chi connectivity index (χ4n) is 3.45. The predicted octanol–water partition coefficient (Wildman–Crippen LogP) is 5.43. The average Bonchev–Trinajstić information content (AvgIpc) is 2.85. The largest absolute Gasteiger partial charge is 0.496 e. The molecule has 0 fully saturated rings. The summed E-state index contributed by atoms with van der Waals surface area (Å²) < 4.78 is 11.2. The molecule has 5 nitrogen and oxygen atoms in total. The summed E-state index contributed by atoms with van der Waals surface area (Å²) in [7, 11) is 1.61. The second-order valence-electron chi connectivity index (χ2n) is 7.29. The Morgan fingerprint density at radius 2 is 1.56 bits per heavy atom. The highest BCUT2D eigenvalue weighted by Crippen LogP contribution is 2.26. The van der Waals surface area contributed by atoms with Crippen LogP contribution in [0.2, 0.25) is 0 Å². The lowest BCUT2D eigenvalue weighted by atomic mass is 10.0. The number of fused-ring (bicyclic) bond motifs is 1. The van der Waals surface area contributed by atoms with Gasteiger partial charge in [0.15, 0.2) is 6.10 Å². The zero-order valence-corrected chi connectivity index (χ0v) is 18.0. The van der Waals surface area contributed by atoms with E-state index < -0.39 is 6.10 Å². The van der Waals surface area contributed by atoms with Crippen LogP contribution < -0.4 is 14.9 Å². The van der Waals surface area contributed by atoms with Crippen LogP contribution in [0, 0.1) is 0 Å². The molecule has 160 valence electrons. The molecule has 0 saturated heterocycles. The normalized spacial score (nSPS) is 11.9. The lowest BCUT2D eigenvalue weighted by Crippen LogP contribution is -2.33. The summed E-state index contributed by atoms with van der Waals surface area (Å²) in [4.78, 5) is 12.5. The highest BCUT2D eigenvalue weighted by atomic mass is 16.5. The Morgan fingerprint density at radius 3 is 2.31 bits per heavy atom. The molecule has 4 aromatic rings. The van der Waals surface area contributed by atoms with Gasteiger partial charge in [0.05, 0.1) is 13.3 Å². The first-order chi connectivity index (χ1) is 15.7. The summed E-state index contributed by atoms with van der Waals surface area (Å²) in [6.07, 6.45) is 0.893. The summed E-state index contributed by atoms with van der Waals surface area (Å²) in [5.74, 6) is 0.962. The molecule has 0 heterocycles. The first-order valence-electron chi connectivity index (χ1n) is 10.4. The molecule has 4 aromatic carbocycles. The number of carbonyl (C=O) groups is 1. The van der Waals surface area contributed by atoms with E-state index in [-0.39, 0.29) is 5.91 Å². The topological polar surface area (TPSA) is 59.9 Å². The average molecular weight is 425 g/mol. The maximum absolute atomic E-state index is 12.5. The van der Waals surface area contributed by atoms with E-state index in [4.69, 9.17) is 9.47 Å². The first-order valence-corrected chi connectivity index (χ1v) is 10.4. The summed E-state index contributed by atoms with van der Waals surface area (Å²) in [5.41, 5.74) is 5.57. The van der Waals surface area contributed by atoms with Gasteiger partial charge < -0.3 is 9.47 Å². The van der Waals surface area contributed by atoms with Crippen LogP contribution in [0.15, 0.2) is 96.1 Å². The van der Waals surface area contributed by atoms with Gasteiger partial charge in [0.2, 0.25) is 0 Å². The number of nitrogens with zero attached hydrogens (tertiary/aromatic N) is 1. The molecule has 0 radical (unpaired) electrons.